The van der Waals surface area contributed by atoms with E-state index in [9.17, 15) is 19.3 Å². The van der Waals surface area contributed by atoms with Crippen LogP contribution in [0.15, 0.2) is 48.5 Å². The van der Waals surface area contributed by atoms with Crippen molar-refractivity contribution in [2.75, 3.05) is 31.1 Å². The maximum absolute atomic E-state index is 13.1. The van der Waals surface area contributed by atoms with Gasteiger partial charge in [-0.1, -0.05) is 12.1 Å². The number of nitrogens with one attached hydrogen (secondary N) is 1. The molecule has 2 aromatic rings. The molecule has 2 atom stereocenters. The monoisotopic (exact) mass is 400 g/mol. The molecule has 0 radical (unpaired) electrons. The van der Waals surface area contributed by atoms with E-state index in [-0.39, 0.29) is 29.5 Å². The van der Waals surface area contributed by atoms with Gasteiger partial charge in [0.2, 0.25) is 5.91 Å². The van der Waals surface area contributed by atoms with Crippen LogP contribution in [-0.4, -0.2) is 48.0 Å². The molecule has 2 unspecified atom stereocenters. The van der Waals surface area contributed by atoms with Gasteiger partial charge in [0.05, 0.1) is 17.0 Å². The third-order valence-electron chi connectivity index (χ3n) is 5.40. The van der Waals surface area contributed by atoms with Crippen LogP contribution < -0.4 is 10.2 Å². The number of non-ortho nitro benzene ring substituents is 1. The van der Waals surface area contributed by atoms with Gasteiger partial charge in [0.25, 0.3) is 5.69 Å². The Balaban J connectivity index is 1.52. The smallest absolute Gasteiger partial charge is 0.269 e. The van der Waals surface area contributed by atoms with E-state index in [0.29, 0.717) is 0 Å². The van der Waals surface area contributed by atoms with E-state index in [2.05, 4.69) is 15.1 Å². The summed E-state index contributed by atoms with van der Waals surface area (Å²) in [5.74, 6) is -0.364. The lowest BCUT2D eigenvalue weighted by Gasteiger charge is -2.38. The summed E-state index contributed by atoms with van der Waals surface area (Å²) in [5.41, 5.74) is 1.88. The number of nitro groups is 1. The Morgan fingerprint density at radius 2 is 1.62 bits per heavy atom. The molecule has 2 aromatic carbocycles. The van der Waals surface area contributed by atoms with Crippen LogP contribution in [0.4, 0.5) is 15.8 Å². The lowest BCUT2D eigenvalue weighted by Crippen LogP contribution is -2.54. The Bertz CT molecular complexity index is 849. The van der Waals surface area contributed by atoms with Crippen LogP contribution >= 0.6 is 0 Å². The average molecular weight is 400 g/mol. The summed E-state index contributed by atoms with van der Waals surface area (Å²) in [6.07, 6.45) is 0. The van der Waals surface area contributed by atoms with Gasteiger partial charge >= 0.3 is 0 Å². The van der Waals surface area contributed by atoms with Crippen molar-refractivity contribution >= 4 is 17.3 Å². The molecule has 1 aliphatic rings. The number of hydrogen-bond acceptors (Lipinski definition) is 5. The van der Waals surface area contributed by atoms with E-state index in [4.69, 9.17) is 0 Å². The fraction of sp³-hybridized carbons (Fsp3) is 0.381. The number of anilines is 1. The first-order chi connectivity index (χ1) is 13.8. The number of carbonyl (C=O) groups is 1. The molecule has 154 valence electrons. The zero-order chi connectivity index (χ0) is 21.0. The fourth-order valence-electron chi connectivity index (χ4n) is 3.49. The molecule has 0 saturated carbocycles. The average Bonchev–Trinajstić information content (AvgIpc) is 2.73. The number of halogens is 1. The normalized spacial score (nSPS) is 16.9. The molecule has 7 nitrogen and oxygen atoms in total. The van der Waals surface area contributed by atoms with Gasteiger partial charge in [-0.15, -0.1) is 0 Å². The van der Waals surface area contributed by atoms with Gasteiger partial charge in [-0.25, -0.2) is 4.39 Å². The molecular formula is C21H25FN4O3. The standard InChI is InChI=1S/C21H25FN4O3/c1-15(17-3-5-18(22)6-4-17)23-21(27)16(2)24-11-13-25(14-12-24)19-7-9-20(10-8-19)26(28)29/h3-10,15-16H,11-14H2,1-2H3,(H,23,27). The van der Waals surface area contributed by atoms with Gasteiger partial charge in [-0.05, 0) is 43.7 Å². The number of nitrogens with zero attached hydrogens (tertiary/aromatic N) is 3. The van der Waals surface area contributed by atoms with Crippen LogP contribution in [-0.2, 0) is 4.79 Å². The molecule has 0 aromatic heterocycles. The van der Waals surface area contributed by atoms with E-state index in [1.807, 2.05) is 13.8 Å². The van der Waals surface area contributed by atoms with Gasteiger partial charge < -0.3 is 10.2 Å². The number of benzene rings is 2. The molecule has 3 rings (SSSR count). The summed E-state index contributed by atoms with van der Waals surface area (Å²) >= 11 is 0. The second-order valence-electron chi connectivity index (χ2n) is 7.25. The SMILES string of the molecule is CC(NC(=O)C(C)N1CCN(c2ccc([N+](=O)[O-])cc2)CC1)c1ccc(F)cc1. The molecule has 1 N–H and O–H groups in total. The Morgan fingerprint density at radius 3 is 2.17 bits per heavy atom. The van der Waals surface area contributed by atoms with E-state index >= 15 is 0 Å². The van der Waals surface area contributed by atoms with Crippen LogP contribution in [0.5, 0.6) is 0 Å². The highest BCUT2D eigenvalue weighted by molar-refractivity contribution is 5.81. The molecule has 1 amide bonds. The fourth-order valence-corrected chi connectivity index (χ4v) is 3.49. The number of piperazine rings is 1. The van der Waals surface area contributed by atoms with Crippen molar-refractivity contribution in [3.05, 3.63) is 70.0 Å². The van der Waals surface area contributed by atoms with Crippen LogP contribution in [0, 0.1) is 15.9 Å². The molecule has 1 aliphatic heterocycles. The quantitative estimate of drug-likeness (QED) is 0.595. The van der Waals surface area contributed by atoms with Crippen molar-refractivity contribution in [2.45, 2.75) is 25.9 Å². The molecule has 1 heterocycles. The predicted octanol–water partition coefficient (Wildman–Crippen LogP) is 3.12. The van der Waals surface area contributed by atoms with Crippen molar-refractivity contribution in [3.8, 4) is 0 Å². The minimum Gasteiger partial charge on any atom is -0.369 e. The molecular weight excluding hydrogens is 375 g/mol. The summed E-state index contributed by atoms with van der Waals surface area (Å²) in [6, 6.07) is 12.2. The second-order valence-corrected chi connectivity index (χ2v) is 7.25. The summed E-state index contributed by atoms with van der Waals surface area (Å²) in [4.78, 5) is 27.3. The predicted molar refractivity (Wildman–Crippen MR) is 109 cm³/mol. The molecule has 0 bridgehead atoms. The lowest BCUT2D eigenvalue weighted by atomic mass is 10.1. The van der Waals surface area contributed by atoms with Crippen molar-refractivity contribution in [2.24, 2.45) is 0 Å². The third kappa shape index (κ3) is 5.08. The number of hydrogen-bond donors (Lipinski definition) is 1. The van der Waals surface area contributed by atoms with Crippen molar-refractivity contribution < 1.29 is 14.1 Å². The van der Waals surface area contributed by atoms with Crippen molar-refractivity contribution in [1.82, 2.24) is 10.2 Å². The summed E-state index contributed by atoms with van der Waals surface area (Å²) < 4.78 is 13.1. The number of carbonyl (C=O) groups excluding carboxylic acids is 1. The first kappa shape index (κ1) is 20.7. The summed E-state index contributed by atoms with van der Waals surface area (Å²) in [7, 11) is 0. The van der Waals surface area contributed by atoms with Gasteiger partial charge in [0.15, 0.2) is 0 Å². The van der Waals surface area contributed by atoms with Crippen molar-refractivity contribution in [1.29, 1.82) is 0 Å². The largest absolute Gasteiger partial charge is 0.369 e. The van der Waals surface area contributed by atoms with Crippen molar-refractivity contribution in [3.63, 3.8) is 0 Å². The van der Waals surface area contributed by atoms with Crippen LogP contribution in [0.25, 0.3) is 0 Å². The molecule has 29 heavy (non-hydrogen) atoms. The molecule has 1 fully saturated rings. The lowest BCUT2D eigenvalue weighted by molar-refractivity contribution is -0.384. The maximum Gasteiger partial charge on any atom is 0.269 e. The van der Waals surface area contributed by atoms with Gasteiger partial charge in [0, 0.05) is 44.0 Å². The number of amides is 1. The third-order valence-corrected chi connectivity index (χ3v) is 5.40. The highest BCUT2D eigenvalue weighted by atomic mass is 19.1. The van der Waals surface area contributed by atoms with Gasteiger partial charge in [-0.2, -0.15) is 0 Å². The first-order valence-electron chi connectivity index (χ1n) is 9.64. The number of nitro benzene ring substituents is 1. The molecule has 0 spiro atoms. The highest BCUT2D eigenvalue weighted by Gasteiger charge is 2.26. The van der Waals surface area contributed by atoms with Gasteiger partial charge in [-0.3, -0.25) is 19.8 Å². The van der Waals surface area contributed by atoms with E-state index < -0.39 is 4.92 Å². The zero-order valence-electron chi connectivity index (χ0n) is 16.5. The highest BCUT2D eigenvalue weighted by Crippen LogP contribution is 2.21. The molecule has 8 heteroatoms. The first-order valence-corrected chi connectivity index (χ1v) is 9.64. The maximum atomic E-state index is 13.1. The minimum atomic E-state index is -0.408. The Hall–Kier alpha value is -3.00. The van der Waals surface area contributed by atoms with E-state index in [0.717, 1.165) is 37.4 Å². The Kier molecular flexibility index (Phi) is 6.43. The van der Waals surface area contributed by atoms with Crippen LogP contribution in [0.2, 0.25) is 0 Å². The Labute approximate surface area is 169 Å². The summed E-state index contributed by atoms with van der Waals surface area (Å²) in [5, 5.41) is 13.8. The number of rotatable bonds is 6. The van der Waals surface area contributed by atoms with Crippen LogP contribution in [0.3, 0.4) is 0 Å². The van der Waals surface area contributed by atoms with Crippen LogP contribution in [0.1, 0.15) is 25.5 Å². The van der Waals surface area contributed by atoms with E-state index in [1.165, 1.54) is 24.3 Å². The zero-order valence-corrected chi connectivity index (χ0v) is 16.5. The Morgan fingerprint density at radius 1 is 1.03 bits per heavy atom. The van der Waals surface area contributed by atoms with E-state index in [1.54, 1.807) is 24.3 Å². The van der Waals surface area contributed by atoms with Gasteiger partial charge in [0.1, 0.15) is 5.82 Å². The molecule has 0 aliphatic carbocycles. The summed E-state index contributed by atoms with van der Waals surface area (Å²) in [6.45, 7) is 6.68. The molecule has 1 saturated heterocycles. The minimum absolute atomic E-state index is 0.0642. The second kappa shape index (κ2) is 9.00. The topological polar surface area (TPSA) is 78.7 Å².